The third-order valence-electron chi connectivity index (χ3n) is 2.78. The standard InChI is InChI=1S/C13H14N4O4/c1-7-14-11(17-16-7)12(19)15-10(13(20)21)6-8-2-4-9(18)5-3-8/h2-5,10,18H,6H2,1H3,(H,15,19)(H,20,21)(H,14,16,17)/t10-/m0/s1. The van der Waals surface area contributed by atoms with Gasteiger partial charge in [0.25, 0.3) is 5.91 Å². The predicted octanol–water partition coefficient (Wildman–Crippen LogP) is 0.244. The lowest BCUT2D eigenvalue weighted by Gasteiger charge is -2.13. The maximum Gasteiger partial charge on any atom is 0.326 e. The van der Waals surface area contributed by atoms with Gasteiger partial charge in [0.2, 0.25) is 5.82 Å². The molecule has 0 saturated heterocycles. The van der Waals surface area contributed by atoms with Crippen LogP contribution in [0.25, 0.3) is 0 Å². The van der Waals surface area contributed by atoms with Crippen molar-refractivity contribution in [1.29, 1.82) is 0 Å². The zero-order chi connectivity index (χ0) is 15.4. The number of rotatable bonds is 5. The van der Waals surface area contributed by atoms with Gasteiger partial charge in [-0.05, 0) is 24.6 Å². The number of hydrogen-bond donors (Lipinski definition) is 4. The predicted molar refractivity (Wildman–Crippen MR) is 71.8 cm³/mol. The van der Waals surface area contributed by atoms with Crippen LogP contribution in [0.4, 0.5) is 0 Å². The Kier molecular flexibility index (Phi) is 4.17. The summed E-state index contributed by atoms with van der Waals surface area (Å²) in [5.74, 6) is -1.38. The number of phenols is 1. The Morgan fingerprint density at radius 1 is 1.33 bits per heavy atom. The molecule has 0 spiro atoms. The summed E-state index contributed by atoms with van der Waals surface area (Å²) in [6.07, 6.45) is 0.0881. The summed E-state index contributed by atoms with van der Waals surface area (Å²) in [7, 11) is 0. The second-order valence-electron chi connectivity index (χ2n) is 4.48. The number of carboxylic acid groups (broad SMARTS) is 1. The second kappa shape index (κ2) is 6.04. The van der Waals surface area contributed by atoms with Crippen LogP contribution in [0, 0.1) is 6.92 Å². The van der Waals surface area contributed by atoms with Crippen molar-refractivity contribution in [3.8, 4) is 5.75 Å². The van der Waals surface area contributed by atoms with E-state index < -0.39 is 17.9 Å². The zero-order valence-electron chi connectivity index (χ0n) is 11.2. The van der Waals surface area contributed by atoms with Gasteiger partial charge in [-0.2, -0.15) is 0 Å². The Bertz CT molecular complexity index is 650. The number of hydrogen-bond acceptors (Lipinski definition) is 5. The molecule has 1 atom stereocenters. The smallest absolute Gasteiger partial charge is 0.326 e. The van der Waals surface area contributed by atoms with Crippen molar-refractivity contribution in [1.82, 2.24) is 20.5 Å². The van der Waals surface area contributed by atoms with E-state index in [1.807, 2.05) is 0 Å². The molecule has 21 heavy (non-hydrogen) atoms. The molecule has 1 heterocycles. The van der Waals surface area contributed by atoms with Crippen LogP contribution >= 0.6 is 0 Å². The first-order chi connectivity index (χ1) is 9.95. The minimum absolute atomic E-state index is 0.0881. The Morgan fingerprint density at radius 3 is 2.52 bits per heavy atom. The van der Waals surface area contributed by atoms with Gasteiger partial charge in [-0.15, -0.1) is 5.10 Å². The van der Waals surface area contributed by atoms with Crippen LogP contribution in [0.1, 0.15) is 22.0 Å². The summed E-state index contributed by atoms with van der Waals surface area (Å²) in [6.45, 7) is 1.63. The number of carbonyl (C=O) groups is 2. The van der Waals surface area contributed by atoms with Gasteiger partial charge < -0.3 is 15.5 Å². The van der Waals surface area contributed by atoms with E-state index in [1.165, 1.54) is 12.1 Å². The quantitative estimate of drug-likeness (QED) is 0.624. The molecule has 0 radical (unpaired) electrons. The molecule has 0 fully saturated rings. The van der Waals surface area contributed by atoms with Crippen LogP contribution in [0.2, 0.25) is 0 Å². The number of phenolic OH excluding ortho intramolecular Hbond substituents is 1. The van der Waals surface area contributed by atoms with E-state index in [9.17, 15) is 19.8 Å². The van der Waals surface area contributed by atoms with Crippen LogP contribution in [0.3, 0.4) is 0 Å². The van der Waals surface area contributed by atoms with E-state index in [4.69, 9.17) is 0 Å². The molecule has 0 unspecified atom stereocenters. The molecule has 0 aliphatic carbocycles. The number of carboxylic acids is 1. The molecule has 1 aromatic carbocycles. The molecule has 1 amide bonds. The molecule has 2 rings (SSSR count). The minimum Gasteiger partial charge on any atom is -0.508 e. The van der Waals surface area contributed by atoms with Crippen LogP contribution < -0.4 is 5.32 Å². The van der Waals surface area contributed by atoms with Crippen molar-refractivity contribution in [2.24, 2.45) is 0 Å². The van der Waals surface area contributed by atoms with Crippen molar-refractivity contribution in [2.75, 3.05) is 0 Å². The van der Waals surface area contributed by atoms with Crippen molar-refractivity contribution in [2.45, 2.75) is 19.4 Å². The van der Waals surface area contributed by atoms with Crippen LogP contribution in [0.5, 0.6) is 5.75 Å². The molecule has 110 valence electrons. The Labute approximate surface area is 119 Å². The summed E-state index contributed by atoms with van der Waals surface area (Å²) >= 11 is 0. The largest absolute Gasteiger partial charge is 0.508 e. The van der Waals surface area contributed by atoms with Gasteiger partial charge >= 0.3 is 5.97 Å². The number of nitrogens with zero attached hydrogens (tertiary/aromatic N) is 2. The summed E-state index contributed by atoms with van der Waals surface area (Å²) in [4.78, 5) is 26.9. The number of H-pyrrole nitrogens is 1. The molecular weight excluding hydrogens is 276 g/mol. The fourth-order valence-corrected chi connectivity index (χ4v) is 1.73. The summed E-state index contributed by atoms with van der Waals surface area (Å²) in [5.41, 5.74) is 0.673. The van der Waals surface area contributed by atoms with E-state index in [0.717, 1.165) is 0 Å². The average molecular weight is 290 g/mol. The highest BCUT2D eigenvalue weighted by Crippen LogP contribution is 2.11. The van der Waals surface area contributed by atoms with E-state index in [0.29, 0.717) is 11.4 Å². The number of carbonyl (C=O) groups excluding carboxylic acids is 1. The molecule has 0 aliphatic rings. The van der Waals surface area contributed by atoms with Gasteiger partial charge in [-0.25, -0.2) is 9.78 Å². The van der Waals surface area contributed by atoms with Crippen molar-refractivity contribution < 1.29 is 19.8 Å². The number of aryl methyl sites for hydroxylation is 1. The van der Waals surface area contributed by atoms with Crippen molar-refractivity contribution >= 4 is 11.9 Å². The number of aromatic nitrogens is 3. The highest BCUT2D eigenvalue weighted by Gasteiger charge is 2.23. The van der Waals surface area contributed by atoms with Gasteiger partial charge in [-0.3, -0.25) is 9.89 Å². The van der Waals surface area contributed by atoms with Crippen LogP contribution in [0.15, 0.2) is 24.3 Å². The Hall–Kier alpha value is -2.90. The fraction of sp³-hybridized carbons (Fsp3) is 0.231. The third kappa shape index (κ3) is 3.78. The minimum atomic E-state index is -1.16. The first-order valence-corrected chi connectivity index (χ1v) is 6.16. The van der Waals surface area contributed by atoms with Crippen molar-refractivity contribution in [3.63, 3.8) is 0 Å². The number of benzene rings is 1. The SMILES string of the molecule is Cc1nc(C(=O)N[C@@H](Cc2ccc(O)cc2)C(=O)O)n[nH]1. The molecule has 0 bridgehead atoms. The molecule has 1 aromatic heterocycles. The monoisotopic (exact) mass is 290 g/mol. The van der Waals surface area contributed by atoms with Gasteiger partial charge in [0.1, 0.15) is 17.6 Å². The molecule has 0 saturated carbocycles. The fourth-order valence-electron chi connectivity index (χ4n) is 1.73. The lowest BCUT2D eigenvalue weighted by atomic mass is 10.1. The van der Waals surface area contributed by atoms with E-state index >= 15 is 0 Å². The summed E-state index contributed by atoms with van der Waals surface area (Å²) in [5, 5.41) is 26.9. The Morgan fingerprint density at radius 2 is 2.00 bits per heavy atom. The van der Waals surface area contributed by atoms with Gasteiger partial charge in [0, 0.05) is 6.42 Å². The second-order valence-corrected chi connectivity index (χ2v) is 4.48. The molecular formula is C13H14N4O4. The lowest BCUT2D eigenvalue weighted by Crippen LogP contribution is -2.42. The van der Waals surface area contributed by atoms with E-state index in [-0.39, 0.29) is 18.0 Å². The van der Waals surface area contributed by atoms with Gasteiger partial charge in [0.05, 0.1) is 0 Å². The van der Waals surface area contributed by atoms with E-state index in [2.05, 4.69) is 20.5 Å². The highest BCUT2D eigenvalue weighted by molar-refractivity contribution is 5.93. The number of amides is 1. The number of aromatic hydroxyl groups is 1. The number of aromatic amines is 1. The van der Waals surface area contributed by atoms with Crippen LogP contribution in [-0.4, -0.2) is 43.3 Å². The topological polar surface area (TPSA) is 128 Å². The molecule has 8 nitrogen and oxygen atoms in total. The lowest BCUT2D eigenvalue weighted by molar-refractivity contribution is -0.139. The Balaban J connectivity index is 2.07. The molecule has 8 heteroatoms. The molecule has 2 aromatic rings. The summed E-state index contributed by atoms with van der Waals surface area (Å²) < 4.78 is 0. The first kappa shape index (κ1) is 14.5. The van der Waals surface area contributed by atoms with Crippen LogP contribution in [-0.2, 0) is 11.2 Å². The maximum atomic E-state index is 11.9. The maximum absolute atomic E-state index is 11.9. The zero-order valence-corrected chi connectivity index (χ0v) is 11.2. The number of nitrogens with one attached hydrogen (secondary N) is 2. The normalized spacial score (nSPS) is 11.9. The first-order valence-electron chi connectivity index (χ1n) is 6.16. The van der Waals surface area contributed by atoms with Gasteiger partial charge in [0.15, 0.2) is 0 Å². The van der Waals surface area contributed by atoms with E-state index in [1.54, 1.807) is 19.1 Å². The number of aliphatic carboxylic acids is 1. The average Bonchev–Trinajstić information content (AvgIpc) is 2.87. The third-order valence-corrected chi connectivity index (χ3v) is 2.78. The molecule has 4 N–H and O–H groups in total. The van der Waals surface area contributed by atoms with Crippen molar-refractivity contribution in [3.05, 3.63) is 41.5 Å². The highest BCUT2D eigenvalue weighted by atomic mass is 16.4. The molecule has 0 aliphatic heterocycles. The summed E-state index contributed by atoms with van der Waals surface area (Å²) in [6, 6.07) is 4.98. The van der Waals surface area contributed by atoms with Gasteiger partial charge in [-0.1, -0.05) is 12.1 Å².